The van der Waals surface area contributed by atoms with Gasteiger partial charge in [-0.1, -0.05) is 0 Å². The maximum atomic E-state index is 10.7. The number of carbonyl (C=O) groups excluding carboxylic acids is 1. The van der Waals surface area contributed by atoms with Crippen molar-refractivity contribution >= 4 is 17.5 Å². The Hall–Kier alpha value is -0.900. The second-order valence-corrected chi connectivity index (χ2v) is 2.09. The largest absolute Gasteiger partial charge is 0.497 e. The molecule has 5 heteroatoms. The highest BCUT2D eigenvalue weighted by Crippen LogP contribution is 2.16. The fourth-order valence-corrected chi connectivity index (χ4v) is 0.726. The molecule has 0 aromatic rings. The van der Waals surface area contributed by atoms with Crippen LogP contribution in [0.5, 0.6) is 0 Å². The lowest BCUT2D eigenvalue weighted by Crippen LogP contribution is -2.17. The second kappa shape index (κ2) is 2.79. The molecule has 1 heterocycles. The van der Waals surface area contributed by atoms with Gasteiger partial charge in [0.1, 0.15) is 5.76 Å². The van der Waals surface area contributed by atoms with Gasteiger partial charge >= 0.3 is 0 Å². The average Bonchev–Trinajstić information content (AvgIpc) is 1.95. The van der Waals surface area contributed by atoms with Crippen molar-refractivity contribution in [1.29, 1.82) is 0 Å². The first-order chi connectivity index (χ1) is 4.75. The van der Waals surface area contributed by atoms with Crippen molar-refractivity contribution in [3.8, 4) is 0 Å². The van der Waals surface area contributed by atoms with Gasteiger partial charge in [0, 0.05) is 0 Å². The lowest BCUT2D eigenvalue weighted by molar-refractivity contribution is -0.118. The van der Waals surface area contributed by atoms with E-state index in [0.29, 0.717) is 5.76 Å². The van der Waals surface area contributed by atoms with E-state index in [4.69, 9.17) is 16.3 Å². The van der Waals surface area contributed by atoms with Gasteiger partial charge in [-0.3, -0.25) is 4.79 Å². The van der Waals surface area contributed by atoms with Crippen LogP contribution in [0.1, 0.15) is 0 Å². The Bertz CT molecular complexity index is 212. The van der Waals surface area contributed by atoms with Gasteiger partial charge in [-0.2, -0.15) is 5.11 Å². The quantitative estimate of drug-likeness (QED) is 0.539. The van der Waals surface area contributed by atoms with Crippen LogP contribution in [0, 0.1) is 0 Å². The number of ether oxygens (including phenoxy) is 1. The molecule has 0 aromatic carbocycles. The Morgan fingerprint density at radius 2 is 2.50 bits per heavy atom. The predicted molar refractivity (Wildman–Crippen MR) is 34.6 cm³/mol. The number of carbonyl (C=O) groups is 1. The monoisotopic (exact) mass is 160 g/mol. The van der Waals surface area contributed by atoms with Gasteiger partial charge in [-0.15, -0.1) is 16.7 Å². The normalized spacial score (nSPS) is 24.4. The van der Waals surface area contributed by atoms with Crippen LogP contribution < -0.4 is 0 Å². The van der Waals surface area contributed by atoms with Gasteiger partial charge in [0.2, 0.25) is 0 Å². The summed E-state index contributed by atoms with van der Waals surface area (Å²) in [4.78, 5) is 10.7. The highest BCUT2D eigenvalue weighted by Gasteiger charge is 2.23. The molecule has 4 nitrogen and oxygen atoms in total. The van der Waals surface area contributed by atoms with E-state index in [1.54, 1.807) is 0 Å². The molecule has 0 spiro atoms. The third kappa shape index (κ3) is 1.16. The van der Waals surface area contributed by atoms with Crippen molar-refractivity contribution in [3.63, 3.8) is 0 Å². The molecule has 0 N–H and O–H groups in total. The Kier molecular flexibility index (Phi) is 2.01. The van der Waals surface area contributed by atoms with Crippen LogP contribution in [-0.4, -0.2) is 18.4 Å². The summed E-state index contributed by atoms with van der Waals surface area (Å²) in [5.74, 6) is -0.150. The number of hydrogen-bond donors (Lipinski definition) is 0. The molecule has 0 bridgehead atoms. The molecule has 0 aliphatic carbocycles. The van der Waals surface area contributed by atoms with Crippen molar-refractivity contribution < 1.29 is 9.53 Å². The first kappa shape index (κ1) is 7.21. The summed E-state index contributed by atoms with van der Waals surface area (Å²) < 4.78 is 4.73. The number of nitrogens with zero attached hydrogens (tertiary/aromatic N) is 2. The van der Waals surface area contributed by atoms with Gasteiger partial charge < -0.3 is 4.74 Å². The molecule has 0 aromatic heterocycles. The van der Waals surface area contributed by atoms with Crippen molar-refractivity contribution in [3.05, 3.63) is 12.0 Å². The second-order valence-electron chi connectivity index (χ2n) is 1.65. The maximum Gasteiger partial charge on any atom is 0.290 e. The molecular weight excluding hydrogens is 156 g/mol. The zero-order valence-electron chi connectivity index (χ0n) is 5.24. The SMILES string of the molecule is COC1=CN=NC(=O)C1Cl. The van der Waals surface area contributed by atoms with E-state index in [1.165, 1.54) is 13.3 Å². The number of methoxy groups -OCH3 is 1. The highest BCUT2D eigenvalue weighted by atomic mass is 35.5. The topological polar surface area (TPSA) is 51.0 Å². The molecule has 1 aliphatic rings. The average molecular weight is 161 g/mol. The summed E-state index contributed by atoms with van der Waals surface area (Å²) >= 11 is 5.54. The molecule has 1 rings (SSSR count). The number of hydrogen-bond acceptors (Lipinski definition) is 3. The van der Waals surface area contributed by atoms with Gasteiger partial charge in [0.25, 0.3) is 5.91 Å². The van der Waals surface area contributed by atoms with E-state index < -0.39 is 11.3 Å². The van der Waals surface area contributed by atoms with Gasteiger partial charge in [-0.25, -0.2) is 0 Å². The van der Waals surface area contributed by atoms with E-state index in [2.05, 4.69) is 10.2 Å². The molecule has 1 unspecified atom stereocenters. The summed E-state index contributed by atoms with van der Waals surface area (Å²) in [6, 6.07) is 0. The Morgan fingerprint density at radius 1 is 1.80 bits per heavy atom. The standard InChI is InChI=1S/C5H5ClN2O2/c1-10-3-2-7-8-5(9)4(3)6/h2,4H,1H3. The molecule has 1 atom stereocenters. The fraction of sp³-hybridized carbons (Fsp3) is 0.400. The first-order valence-electron chi connectivity index (χ1n) is 2.58. The number of halogens is 1. The Balaban J connectivity index is 2.81. The minimum Gasteiger partial charge on any atom is -0.497 e. The molecule has 54 valence electrons. The first-order valence-corrected chi connectivity index (χ1v) is 3.02. The number of azo groups is 1. The van der Waals surface area contributed by atoms with E-state index in [0.717, 1.165) is 0 Å². The van der Waals surface area contributed by atoms with E-state index in [1.807, 2.05) is 0 Å². The van der Waals surface area contributed by atoms with Crippen LogP contribution in [0.25, 0.3) is 0 Å². The summed E-state index contributed by atoms with van der Waals surface area (Å²) in [5, 5.41) is 5.77. The van der Waals surface area contributed by atoms with Crippen LogP contribution in [-0.2, 0) is 9.53 Å². The molecular formula is C5H5ClN2O2. The minimum atomic E-state index is -0.803. The van der Waals surface area contributed by atoms with Gasteiger partial charge in [0.05, 0.1) is 13.3 Å². The van der Waals surface area contributed by atoms with Crippen molar-refractivity contribution in [2.75, 3.05) is 7.11 Å². The summed E-state index contributed by atoms with van der Waals surface area (Å²) in [6.07, 6.45) is 1.32. The molecule has 10 heavy (non-hydrogen) atoms. The van der Waals surface area contributed by atoms with Gasteiger partial charge in [0.15, 0.2) is 5.38 Å². The van der Waals surface area contributed by atoms with Crippen molar-refractivity contribution in [1.82, 2.24) is 0 Å². The van der Waals surface area contributed by atoms with E-state index in [-0.39, 0.29) is 0 Å². The van der Waals surface area contributed by atoms with Crippen LogP contribution in [0.3, 0.4) is 0 Å². The Morgan fingerprint density at radius 3 is 3.00 bits per heavy atom. The molecule has 1 amide bonds. The third-order valence-electron chi connectivity index (χ3n) is 1.04. The lowest BCUT2D eigenvalue weighted by atomic mass is 10.3. The zero-order valence-corrected chi connectivity index (χ0v) is 6.00. The maximum absolute atomic E-state index is 10.7. The Labute approximate surface area is 62.5 Å². The van der Waals surface area contributed by atoms with Crippen LogP contribution in [0.15, 0.2) is 22.2 Å². The molecule has 0 fully saturated rings. The molecule has 0 saturated carbocycles. The summed E-state index contributed by atoms with van der Waals surface area (Å²) in [6.45, 7) is 0. The lowest BCUT2D eigenvalue weighted by Gasteiger charge is -2.09. The smallest absolute Gasteiger partial charge is 0.290 e. The minimum absolute atomic E-state index is 0.335. The number of amides is 1. The third-order valence-corrected chi connectivity index (χ3v) is 1.45. The van der Waals surface area contributed by atoms with Crippen LogP contribution in [0.4, 0.5) is 0 Å². The van der Waals surface area contributed by atoms with Gasteiger partial charge in [-0.05, 0) is 0 Å². The number of rotatable bonds is 1. The van der Waals surface area contributed by atoms with Crippen LogP contribution >= 0.6 is 11.6 Å². The highest BCUT2D eigenvalue weighted by molar-refractivity contribution is 6.32. The van der Waals surface area contributed by atoms with Crippen LogP contribution in [0.2, 0.25) is 0 Å². The van der Waals surface area contributed by atoms with E-state index in [9.17, 15) is 4.79 Å². The van der Waals surface area contributed by atoms with Crippen molar-refractivity contribution in [2.45, 2.75) is 5.38 Å². The van der Waals surface area contributed by atoms with Crippen molar-refractivity contribution in [2.24, 2.45) is 10.2 Å². The fourth-order valence-electron chi connectivity index (χ4n) is 0.537. The number of alkyl halides is 1. The molecule has 1 aliphatic heterocycles. The van der Waals surface area contributed by atoms with E-state index >= 15 is 0 Å². The molecule has 0 radical (unpaired) electrons. The molecule has 0 saturated heterocycles. The zero-order chi connectivity index (χ0) is 7.56. The summed E-state index contributed by atoms with van der Waals surface area (Å²) in [7, 11) is 1.43. The predicted octanol–water partition coefficient (Wildman–Crippen LogP) is 1.07. The summed E-state index contributed by atoms with van der Waals surface area (Å²) in [5.41, 5.74) is 0.